The van der Waals surface area contributed by atoms with Crippen molar-refractivity contribution in [3.8, 4) is 6.07 Å². The van der Waals surface area contributed by atoms with Gasteiger partial charge >= 0.3 is 0 Å². The Morgan fingerprint density at radius 2 is 2.25 bits per heavy atom. The monoisotopic (exact) mass is 334 g/mol. The first-order valence-corrected chi connectivity index (χ1v) is 7.55. The van der Waals surface area contributed by atoms with Gasteiger partial charge in [-0.3, -0.25) is 9.59 Å². The average Bonchev–Trinajstić information content (AvgIpc) is 2.96. The van der Waals surface area contributed by atoms with Crippen LogP contribution in [0, 0.1) is 11.3 Å². The molecule has 0 aromatic carbocycles. The molecule has 0 radical (unpaired) electrons. The van der Waals surface area contributed by atoms with Crippen LogP contribution in [-0.4, -0.2) is 60.1 Å². The van der Waals surface area contributed by atoms with Gasteiger partial charge in [0.2, 0.25) is 11.8 Å². The third-order valence-electron chi connectivity index (χ3n) is 3.65. The van der Waals surface area contributed by atoms with Gasteiger partial charge in [-0.15, -0.1) is 0 Å². The van der Waals surface area contributed by atoms with Crippen molar-refractivity contribution < 1.29 is 14.0 Å². The summed E-state index contributed by atoms with van der Waals surface area (Å²) in [5.41, 5.74) is 5.45. The highest BCUT2D eigenvalue weighted by molar-refractivity contribution is 5.92. The van der Waals surface area contributed by atoms with E-state index in [0.29, 0.717) is 24.5 Å². The quantitative estimate of drug-likeness (QED) is 0.585. The summed E-state index contributed by atoms with van der Waals surface area (Å²) < 4.78 is 13.3. The molecule has 2 rings (SSSR count). The van der Waals surface area contributed by atoms with Crippen molar-refractivity contribution in [1.82, 2.24) is 15.2 Å². The van der Waals surface area contributed by atoms with E-state index < -0.39 is 18.1 Å². The number of alkyl halides is 1. The van der Waals surface area contributed by atoms with Crippen LogP contribution in [0.5, 0.6) is 0 Å². The van der Waals surface area contributed by atoms with E-state index in [2.05, 4.69) is 15.6 Å². The smallest absolute Gasteiger partial charge is 0.250 e. The Kier molecular flexibility index (Phi) is 6.03. The lowest BCUT2D eigenvalue weighted by molar-refractivity contribution is -0.130. The fourth-order valence-corrected chi connectivity index (χ4v) is 2.40. The number of rotatable bonds is 7. The van der Waals surface area contributed by atoms with E-state index >= 15 is 0 Å². The van der Waals surface area contributed by atoms with Gasteiger partial charge in [0.1, 0.15) is 18.0 Å². The summed E-state index contributed by atoms with van der Waals surface area (Å²) >= 11 is 0. The van der Waals surface area contributed by atoms with Gasteiger partial charge in [0.05, 0.1) is 24.7 Å². The predicted molar refractivity (Wildman–Crippen MR) is 84.7 cm³/mol. The molecule has 1 aliphatic rings. The summed E-state index contributed by atoms with van der Waals surface area (Å²) in [6, 6.07) is 4.46. The molecule has 4 N–H and O–H groups in total. The van der Waals surface area contributed by atoms with Gasteiger partial charge < -0.3 is 21.3 Å². The molecule has 128 valence electrons. The Morgan fingerprint density at radius 3 is 2.88 bits per heavy atom. The third kappa shape index (κ3) is 4.63. The molecule has 1 saturated heterocycles. The number of nitrogens with one attached hydrogen (secondary N) is 2. The van der Waals surface area contributed by atoms with E-state index in [4.69, 9.17) is 11.0 Å². The Hall–Kier alpha value is -2.73. The number of carbonyl (C=O) groups excluding carboxylic acids is 2. The molecule has 2 atom stereocenters. The second-order valence-corrected chi connectivity index (χ2v) is 5.42. The van der Waals surface area contributed by atoms with Gasteiger partial charge in [-0.25, -0.2) is 9.37 Å². The highest BCUT2D eigenvalue weighted by atomic mass is 19.1. The Balaban J connectivity index is 1.67. The van der Waals surface area contributed by atoms with Crippen molar-refractivity contribution in [2.75, 3.05) is 31.5 Å². The molecule has 1 aromatic heterocycles. The van der Waals surface area contributed by atoms with Crippen LogP contribution in [0.15, 0.2) is 18.3 Å². The normalized spacial score (nSPS) is 19.8. The first kappa shape index (κ1) is 17.6. The maximum Gasteiger partial charge on any atom is 0.250 e. The van der Waals surface area contributed by atoms with E-state index in [1.165, 1.54) is 11.1 Å². The zero-order valence-electron chi connectivity index (χ0n) is 13.0. The molecular formula is C15H19FN6O2. The van der Waals surface area contributed by atoms with Crippen LogP contribution >= 0.6 is 0 Å². The van der Waals surface area contributed by atoms with Gasteiger partial charge in [-0.1, -0.05) is 0 Å². The van der Waals surface area contributed by atoms with E-state index in [1.54, 1.807) is 12.1 Å². The molecule has 0 aliphatic carbocycles. The zero-order valence-corrected chi connectivity index (χ0v) is 13.0. The van der Waals surface area contributed by atoms with Crippen LogP contribution < -0.4 is 16.4 Å². The number of likely N-dealkylation sites (tertiary alicyclic amines) is 1. The number of carbonyl (C=O) groups is 2. The predicted octanol–water partition coefficient (Wildman–Crippen LogP) is -0.355. The van der Waals surface area contributed by atoms with Gasteiger partial charge in [0.25, 0.3) is 0 Å². The number of pyridine rings is 1. The summed E-state index contributed by atoms with van der Waals surface area (Å²) in [5.74, 6) is -0.245. The van der Waals surface area contributed by atoms with Gasteiger partial charge in [-0.2, -0.15) is 5.26 Å². The minimum absolute atomic E-state index is 0.0207. The first-order valence-electron chi connectivity index (χ1n) is 7.55. The summed E-state index contributed by atoms with van der Waals surface area (Å²) in [4.78, 5) is 28.2. The number of nitrogens with zero attached hydrogens (tertiary/aromatic N) is 3. The maximum atomic E-state index is 13.3. The molecule has 0 saturated carbocycles. The molecule has 0 spiro atoms. The van der Waals surface area contributed by atoms with Crippen LogP contribution in [0.1, 0.15) is 16.8 Å². The summed E-state index contributed by atoms with van der Waals surface area (Å²) in [6.45, 7) is 1.01. The molecule has 24 heavy (non-hydrogen) atoms. The van der Waals surface area contributed by atoms with Crippen molar-refractivity contribution in [3.63, 3.8) is 0 Å². The average molecular weight is 334 g/mol. The van der Waals surface area contributed by atoms with Crippen LogP contribution in [0.3, 0.4) is 0 Å². The zero-order chi connectivity index (χ0) is 17.5. The molecule has 2 heterocycles. The molecule has 8 nitrogen and oxygen atoms in total. The summed E-state index contributed by atoms with van der Waals surface area (Å²) in [7, 11) is 0. The SMILES string of the molecule is N#C[C@@H]1C[C@H](F)CN1C(=O)CNCCNc1ccc(C(N)=O)cn1. The fraction of sp³-hybridized carbons (Fsp3) is 0.467. The summed E-state index contributed by atoms with van der Waals surface area (Å²) in [6.07, 6.45) is 0.330. The molecule has 1 fully saturated rings. The first-order chi connectivity index (χ1) is 11.5. The van der Waals surface area contributed by atoms with E-state index in [1.807, 2.05) is 6.07 Å². The van der Waals surface area contributed by atoms with Crippen molar-refractivity contribution in [2.45, 2.75) is 18.6 Å². The number of hydrogen-bond donors (Lipinski definition) is 3. The Bertz CT molecular complexity index is 630. The van der Waals surface area contributed by atoms with Crippen molar-refractivity contribution in [3.05, 3.63) is 23.9 Å². The molecule has 1 aromatic rings. The topological polar surface area (TPSA) is 124 Å². The lowest BCUT2D eigenvalue weighted by atomic mass is 10.2. The fourth-order valence-electron chi connectivity index (χ4n) is 2.40. The number of halogens is 1. The number of nitrogens with two attached hydrogens (primary N) is 1. The Morgan fingerprint density at radius 1 is 1.46 bits per heavy atom. The molecule has 9 heteroatoms. The van der Waals surface area contributed by atoms with E-state index in [0.717, 1.165) is 0 Å². The molecule has 2 amide bonds. The molecule has 0 unspecified atom stereocenters. The van der Waals surface area contributed by atoms with E-state index in [-0.39, 0.29) is 25.4 Å². The van der Waals surface area contributed by atoms with E-state index in [9.17, 15) is 14.0 Å². The van der Waals surface area contributed by atoms with Crippen LogP contribution in [0.25, 0.3) is 0 Å². The van der Waals surface area contributed by atoms with Crippen molar-refractivity contribution in [1.29, 1.82) is 5.26 Å². The lowest BCUT2D eigenvalue weighted by Crippen LogP contribution is -2.41. The van der Waals surface area contributed by atoms with Gasteiger partial charge in [-0.05, 0) is 12.1 Å². The molecular weight excluding hydrogens is 315 g/mol. The number of aromatic nitrogens is 1. The molecule has 0 bridgehead atoms. The van der Waals surface area contributed by atoms with Gasteiger partial charge in [0, 0.05) is 25.7 Å². The van der Waals surface area contributed by atoms with Crippen LogP contribution in [0.4, 0.5) is 10.2 Å². The van der Waals surface area contributed by atoms with Crippen LogP contribution in [-0.2, 0) is 4.79 Å². The largest absolute Gasteiger partial charge is 0.369 e. The second kappa shape index (κ2) is 8.21. The number of amides is 2. The number of nitriles is 1. The number of hydrogen-bond acceptors (Lipinski definition) is 6. The third-order valence-corrected chi connectivity index (χ3v) is 3.65. The highest BCUT2D eigenvalue weighted by Gasteiger charge is 2.34. The van der Waals surface area contributed by atoms with Gasteiger partial charge in [0.15, 0.2) is 0 Å². The number of anilines is 1. The molecule has 1 aliphatic heterocycles. The highest BCUT2D eigenvalue weighted by Crippen LogP contribution is 2.19. The maximum absolute atomic E-state index is 13.3. The summed E-state index contributed by atoms with van der Waals surface area (Å²) in [5, 5.41) is 14.9. The Labute approximate surface area is 138 Å². The standard InChI is InChI=1S/C15H19FN6O2/c16-11-5-12(6-17)22(9-11)14(23)8-19-3-4-20-13-2-1-10(7-21-13)15(18)24/h1-2,7,11-12,19H,3-5,8-9H2,(H2,18,24)(H,20,21)/t11-,12-/m0/s1. The van der Waals surface area contributed by atoms with Crippen molar-refractivity contribution >= 4 is 17.6 Å². The van der Waals surface area contributed by atoms with Crippen LogP contribution in [0.2, 0.25) is 0 Å². The minimum Gasteiger partial charge on any atom is -0.369 e. The number of primary amides is 1. The lowest BCUT2D eigenvalue weighted by Gasteiger charge is -2.19. The second-order valence-electron chi connectivity index (χ2n) is 5.42. The van der Waals surface area contributed by atoms with Crippen molar-refractivity contribution in [2.24, 2.45) is 5.73 Å². The minimum atomic E-state index is -1.13.